The summed E-state index contributed by atoms with van der Waals surface area (Å²) in [6, 6.07) is 10.2. The van der Waals surface area contributed by atoms with E-state index in [1.807, 2.05) is 0 Å². The molecule has 1 amide bonds. The van der Waals surface area contributed by atoms with E-state index in [0.29, 0.717) is 21.9 Å². The van der Waals surface area contributed by atoms with Gasteiger partial charge in [0.05, 0.1) is 26.3 Å². The average molecular weight is 532 g/mol. The smallest absolute Gasteiger partial charge is 0.396 e. The molecule has 1 unspecified atom stereocenters. The Morgan fingerprint density at radius 1 is 1.12 bits per heavy atom. The molecule has 4 rings (SSSR count). The lowest BCUT2D eigenvalue weighted by molar-refractivity contribution is -0.275. The number of rotatable bonds is 5. The summed E-state index contributed by atoms with van der Waals surface area (Å²) in [7, 11) is 0. The van der Waals surface area contributed by atoms with Crippen molar-refractivity contribution in [2.24, 2.45) is 10.9 Å². The summed E-state index contributed by atoms with van der Waals surface area (Å²) in [4.78, 5) is 17.3. The van der Waals surface area contributed by atoms with Crippen molar-refractivity contribution in [3.05, 3.63) is 79.8 Å². The number of oxime groups is 1. The fourth-order valence-corrected chi connectivity index (χ4v) is 4.71. The van der Waals surface area contributed by atoms with Crippen LogP contribution in [0.5, 0.6) is 0 Å². The second kappa shape index (κ2) is 8.92. The number of alkyl halides is 3. The van der Waals surface area contributed by atoms with Gasteiger partial charge < -0.3 is 15.7 Å². The molecule has 3 aromatic rings. The van der Waals surface area contributed by atoms with Crippen LogP contribution < -0.4 is 5.73 Å². The van der Waals surface area contributed by atoms with E-state index in [-0.39, 0.29) is 44.9 Å². The fourth-order valence-electron chi connectivity index (χ4n) is 4.12. The van der Waals surface area contributed by atoms with Crippen LogP contribution in [0.25, 0.3) is 10.8 Å². The molecule has 0 radical (unpaired) electrons. The zero-order chi connectivity index (χ0) is 24.8. The van der Waals surface area contributed by atoms with E-state index in [9.17, 15) is 23.1 Å². The van der Waals surface area contributed by atoms with Crippen LogP contribution in [0, 0.1) is 0 Å². The Labute approximate surface area is 206 Å². The molecule has 1 atom stereocenters. The highest BCUT2D eigenvalue weighted by atomic mass is 35.5. The normalized spacial score (nSPS) is 18.1. The number of amides is 1. The minimum absolute atomic E-state index is 0.00840. The summed E-state index contributed by atoms with van der Waals surface area (Å²) in [6.07, 6.45) is -5.52. The number of nitrogens with two attached hydrogens (primary N) is 1. The molecule has 0 spiro atoms. The third-order valence-corrected chi connectivity index (χ3v) is 6.90. The topological polar surface area (TPSA) is 84.9 Å². The maximum atomic E-state index is 14.4. The number of aliphatic hydroxyl groups is 1. The van der Waals surface area contributed by atoms with Crippen LogP contribution in [0.1, 0.15) is 33.5 Å². The fraction of sp³-hybridized carbons (Fsp3) is 0.217. The van der Waals surface area contributed by atoms with Gasteiger partial charge in [-0.3, -0.25) is 4.79 Å². The minimum atomic E-state index is -4.89. The van der Waals surface area contributed by atoms with Crippen molar-refractivity contribution >= 4 is 57.2 Å². The lowest BCUT2D eigenvalue weighted by Gasteiger charge is -2.30. The number of aliphatic hydroxyl groups excluding tert-OH is 1. The van der Waals surface area contributed by atoms with Gasteiger partial charge in [-0.1, -0.05) is 64.2 Å². The zero-order valence-electron chi connectivity index (χ0n) is 17.2. The van der Waals surface area contributed by atoms with Crippen molar-refractivity contribution in [2.75, 3.05) is 6.61 Å². The first-order valence-electron chi connectivity index (χ1n) is 9.92. The van der Waals surface area contributed by atoms with Crippen LogP contribution >= 0.6 is 34.8 Å². The lowest BCUT2D eigenvalue weighted by Crippen LogP contribution is -2.42. The number of benzene rings is 3. The Hall–Kier alpha value is -2.52. The summed E-state index contributed by atoms with van der Waals surface area (Å²) in [5.74, 6) is -0.717. The molecular formula is C23H16Cl3F3N2O3. The largest absolute Gasteiger partial charge is 0.435 e. The Balaban J connectivity index is 1.90. The Morgan fingerprint density at radius 3 is 2.29 bits per heavy atom. The zero-order valence-corrected chi connectivity index (χ0v) is 19.5. The molecule has 178 valence electrons. The van der Waals surface area contributed by atoms with Crippen LogP contribution in [-0.2, 0) is 16.9 Å². The highest BCUT2D eigenvalue weighted by molar-refractivity contribution is 6.48. The van der Waals surface area contributed by atoms with Crippen LogP contribution in [0.15, 0.2) is 47.6 Å². The quantitative estimate of drug-likeness (QED) is 0.395. The van der Waals surface area contributed by atoms with E-state index < -0.39 is 24.1 Å². The first-order valence-corrected chi connectivity index (χ1v) is 11.1. The van der Waals surface area contributed by atoms with Crippen molar-refractivity contribution in [1.82, 2.24) is 0 Å². The average Bonchev–Trinajstić information content (AvgIpc) is 3.23. The Kier molecular flexibility index (Phi) is 6.46. The van der Waals surface area contributed by atoms with Gasteiger partial charge in [-0.15, -0.1) is 0 Å². The molecule has 0 bridgehead atoms. The Morgan fingerprint density at radius 2 is 1.74 bits per heavy atom. The maximum Gasteiger partial charge on any atom is 0.435 e. The van der Waals surface area contributed by atoms with Gasteiger partial charge in [-0.05, 0) is 41.0 Å². The molecule has 0 aromatic heterocycles. The van der Waals surface area contributed by atoms with Gasteiger partial charge in [0.2, 0.25) is 5.91 Å². The van der Waals surface area contributed by atoms with Crippen molar-refractivity contribution in [3.63, 3.8) is 0 Å². The summed E-state index contributed by atoms with van der Waals surface area (Å²) >= 11 is 17.9. The van der Waals surface area contributed by atoms with Gasteiger partial charge in [0.25, 0.3) is 5.60 Å². The predicted octanol–water partition coefficient (Wildman–Crippen LogP) is 6.02. The number of carbonyl (C=O) groups excluding carboxylic acids is 1. The molecule has 1 aliphatic heterocycles. The van der Waals surface area contributed by atoms with Crippen molar-refractivity contribution in [2.45, 2.75) is 24.6 Å². The number of carbonyl (C=O) groups is 1. The van der Waals surface area contributed by atoms with Gasteiger partial charge in [-0.2, -0.15) is 13.2 Å². The highest BCUT2D eigenvalue weighted by Crippen LogP contribution is 2.51. The molecule has 11 heteroatoms. The molecule has 0 saturated heterocycles. The first-order chi connectivity index (χ1) is 16.0. The third kappa shape index (κ3) is 3.98. The van der Waals surface area contributed by atoms with Crippen LogP contribution in [-0.4, -0.2) is 29.5 Å². The van der Waals surface area contributed by atoms with Crippen molar-refractivity contribution in [3.8, 4) is 0 Å². The molecule has 1 aliphatic rings. The molecule has 0 fully saturated rings. The third-order valence-electron chi connectivity index (χ3n) is 5.70. The number of hydrogen-bond donors (Lipinski definition) is 2. The molecular weight excluding hydrogens is 516 g/mol. The van der Waals surface area contributed by atoms with Crippen LogP contribution in [0.4, 0.5) is 13.2 Å². The number of nitrogens with zero attached hydrogens (tertiary/aromatic N) is 1. The second-order valence-corrected chi connectivity index (χ2v) is 8.92. The van der Waals surface area contributed by atoms with Gasteiger partial charge in [0.1, 0.15) is 0 Å². The number of halogens is 6. The molecule has 5 nitrogen and oxygen atoms in total. The predicted molar refractivity (Wildman–Crippen MR) is 125 cm³/mol. The van der Waals surface area contributed by atoms with Crippen LogP contribution in [0.2, 0.25) is 15.1 Å². The second-order valence-electron chi connectivity index (χ2n) is 7.73. The van der Waals surface area contributed by atoms with E-state index in [2.05, 4.69) is 5.16 Å². The number of fused-ring (bicyclic) bond motifs is 1. The summed E-state index contributed by atoms with van der Waals surface area (Å²) < 4.78 is 43.3. The maximum absolute atomic E-state index is 14.4. The molecule has 3 aromatic carbocycles. The van der Waals surface area contributed by atoms with E-state index in [4.69, 9.17) is 45.4 Å². The van der Waals surface area contributed by atoms with E-state index >= 15 is 0 Å². The Bertz CT molecular complexity index is 1320. The lowest BCUT2D eigenvalue weighted by atomic mass is 9.84. The highest BCUT2D eigenvalue weighted by Gasteiger charge is 2.62. The minimum Gasteiger partial charge on any atom is -0.396 e. The van der Waals surface area contributed by atoms with Gasteiger partial charge in [0, 0.05) is 24.2 Å². The standard InChI is InChI=1S/C23H16Cl3F3N2O3/c24-16-8-12(9-17(25)20(16)26)22(23(27,28)29)10-18(31-34-22)15-7-11(5-6-32)19(21(30)33)14-4-2-1-3-13(14)15/h1-4,7-9,32H,5-6,10H2,(H2,30,33). The number of primary amides is 1. The van der Waals surface area contributed by atoms with E-state index in [1.54, 1.807) is 24.3 Å². The summed E-state index contributed by atoms with van der Waals surface area (Å²) in [5, 5.41) is 13.8. The number of hydrogen-bond acceptors (Lipinski definition) is 4. The monoisotopic (exact) mass is 530 g/mol. The summed E-state index contributed by atoms with van der Waals surface area (Å²) in [5.41, 5.74) is 3.24. The molecule has 34 heavy (non-hydrogen) atoms. The van der Waals surface area contributed by atoms with Gasteiger partial charge in [-0.25, -0.2) is 0 Å². The molecule has 1 heterocycles. The van der Waals surface area contributed by atoms with Crippen LogP contribution in [0.3, 0.4) is 0 Å². The van der Waals surface area contributed by atoms with Gasteiger partial charge >= 0.3 is 6.18 Å². The first kappa shape index (κ1) is 24.6. The van der Waals surface area contributed by atoms with Crippen molar-refractivity contribution < 1.29 is 27.9 Å². The molecule has 3 N–H and O–H groups in total. The van der Waals surface area contributed by atoms with E-state index in [0.717, 1.165) is 12.1 Å². The summed E-state index contributed by atoms with van der Waals surface area (Å²) in [6.45, 7) is -0.296. The van der Waals surface area contributed by atoms with Gasteiger partial charge in [0.15, 0.2) is 0 Å². The molecule has 0 aliphatic carbocycles. The van der Waals surface area contributed by atoms with Crippen molar-refractivity contribution in [1.29, 1.82) is 0 Å². The molecule has 0 saturated carbocycles. The SMILES string of the molecule is NC(=O)c1c(CCO)cc(C2=NOC(c3cc(Cl)c(Cl)c(Cl)c3)(C(F)(F)F)C2)c2ccccc12. The van der Waals surface area contributed by atoms with E-state index in [1.165, 1.54) is 6.07 Å².